The normalized spacial score (nSPS) is 23.1. The number of hydrogen-bond acceptors (Lipinski definition) is 4. The monoisotopic (exact) mass is 287 g/mol. The van der Waals surface area contributed by atoms with Crippen molar-refractivity contribution < 1.29 is 0 Å². The summed E-state index contributed by atoms with van der Waals surface area (Å²) >= 11 is 1.90. The van der Waals surface area contributed by atoms with Crippen molar-refractivity contribution in [2.45, 2.75) is 45.4 Å². The Morgan fingerprint density at radius 3 is 3.00 bits per heavy atom. The van der Waals surface area contributed by atoms with Gasteiger partial charge in [0.05, 0.1) is 5.39 Å². The Kier molecular flexibility index (Phi) is 3.14. The third kappa shape index (κ3) is 2.01. The summed E-state index contributed by atoms with van der Waals surface area (Å²) in [7, 11) is 0. The second-order valence-corrected chi connectivity index (χ2v) is 7.37. The van der Waals surface area contributed by atoms with Gasteiger partial charge in [-0.1, -0.05) is 6.92 Å². The van der Waals surface area contributed by atoms with Gasteiger partial charge in [-0.3, -0.25) is 0 Å². The number of rotatable bonds is 1. The van der Waals surface area contributed by atoms with E-state index in [1.807, 2.05) is 11.3 Å². The minimum Gasteiger partial charge on any atom is -0.356 e. The molecule has 0 spiro atoms. The zero-order valence-electron chi connectivity index (χ0n) is 12.1. The lowest BCUT2D eigenvalue weighted by molar-refractivity contribution is 0.445. The van der Waals surface area contributed by atoms with Gasteiger partial charge in [-0.2, -0.15) is 0 Å². The van der Waals surface area contributed by atoms with Crippen LogP contribution >= 0.6 is 11.3 Å². The first-order chi connectivity index (χ1) is 9.83. The Morgan fingerprint density at radius 1 is 1.20 bits per heavy atom. The first-order valence-electron chi connectivity index (χ1n) is 7.83. The molecule has 1 aliphatic heterocycles. The van der Waals surface area contributed by atoms with E-state index in [0.717, 1.165) is 19.0 Å². The van der Waals surface area contributed by atoms with Crippen LogP contribution in [0.4, 0.5) is 5.82 Å². The first kappa shape index (κ1) is 12.6. The lowest BCUT2D eigenvalue weighted by atomic mass is 9.96. The van der Waals surface area contributed by atoms with Crippen LogP contribution in [-0.2, 0) is 12.8 Å². The molecule has 0 radical (unpaired) electrons. The highest BCUT2D eigenvalue weighted by Gasteiger charge is 2.24. The summed E-state index contributed by atoms with van der Waals surface area (Å²) in [6.45, 7) is 4.66. The van der Waals surface area contributed by atoms with Gasteiger partial charge >= 0.3 is 0 Å². The average molecular weight is 287 g/mol. The standard InChI is InChI=1S/C16H21N3S/c1-11-5-4-8-19(9-11)15-14-12-6-2-3-7-13(12)20-16(14)18-10-17-15/h10-11H,2-9H2,1H3/t11-/m1/s1. The quantitative estimate of drug-likeness (QED) is 0.798. The Morgan fingerprint density at radius 2 is 2.10 bits per heavy atom. The maximum absolute atomic E-state index is 4.67. The van der Waals surface area contributed by atoms with Crippen LogP contribution in [0.5, 0.6) is 0 Å². The fourth-order valence-corrected chi connectivity index (χ4v) is 4.92. The van der Waals surface area contributed by atoms with Gasteiger partial charge in [0.25, 0.3) is 0 Å². The molecule has 4 heteroatoms. The molecule has 0 amide bonds. The fourth-order valence-electron chi connectivity index (χ4n) is 3.70. The predicted octanol–water partition coefficient (Wildman–Crippen LogP) is 3.81. The highest BCUT2D eigenvalue weighted by atomic mass is 32.1. The van der Waals surface area contributed by atoms with Crippen molar-refractivity contribution in [3.63, 3.8) is 0 Å². The Hall–Kier alpha value is -1.16. The van der Waals surface area contributed by atoms with Crippen molar-refractivity contribution in [3.05, 3.63) is 16.8 Å². The fraction of sp³-hybridized carbons (Fsp3) is 0.625. The molecule has 4 rings (SSSR count). The van der Waals surface area contributed by atoms with E-state index < -0.39 is 0 Å². The van der Waals surface area contributed by atoms with E-state index >= 15 is 0 Å². The maximum atomic E-state index is 4.67. The second kappa shape index (κ2) is 4.99. The number of anilines is 1. The van der Waals surface area contributed by atoms with Crippen LogP contribution in [0.1, 0.15) is 43.0 Å². The molecule has 0 N–H and O–H groups in total. The molecular weight excluding hydrogens is 266 g/mol. The zero-order chi connectivity index (χ0) is 13.5. The number of aryl methyl sites for hydroxylation is 2. The molecule has 2 aromatic rings. The highest BCUT2D eigenvalue weighted by molar-refractivity contribution is 7.19. The maximum Gasteiger partial charge on any atom is 0.141 e. The number of piperidine rings is 1. The third-order valence-electron chi connectivity index (χ3n) is 4.69. The van der Waals surface area contributed by atoms with Gasteiger partial charge in [0.15, 0.2) is 0 Å². The first-order valence-corrected chi connectivity index (χ1v) is 8.65. The van der Waals surface area contributed by atoms with Crippen molar-refractivity contribution >= 4 is 27.4 Å². The van der Waals surface area contributed by atoms with E-state index in [2.05, 4.69) is 21.8 Å². The van der Waals surface area contributed by atoms with E-state index in [4.69, 9.17) is 0 Å². The molecule has 1 fully saturated rings. The van der Waals surface area contributed by atoms with Crippen molar-refractivity contribution in [1.82, 2.24) is 9.97 Å². The molecular formula is C16H21N3S. The van der Waals surface area contributed by atoms with Gasteiger partial charge in [0.1, 0.15) is 17.0 Å². The summed E-state index contributed by atoms with van der Waals surface area (Å²) in [6, 6.07) is 0. The van der Waals surface area contributed by atoms with E-state index in [-0.39, 0.29) is 0 Å². The molecule has 106 valence electrons. The van der Waals surface area contributed by atoms with E-state index in [9.17, 15) is 0 Å². The molecule has 0 aromatic carbocycles. The van der Waals surface area contributed by atoms with Crippen LogP contribution in [0.15, 0.2) is 6.33 Å². The van der Waals surface area contributed by atoms with Crippen molar-refractivity contribution in [3.8, 4) is 0 Å². The summed E-state index contributed by atoms with van der Waals surface area (Å²) < 4.78 is 0. The molecule has 3 heterocycles. The van der Waals surface area contributed by atoms with Crippen LogP contribution in [0.25, 0.3) is 10.2 Å². The van der Waals surface area contributed by atoms with Gasteiger partial charge in [0, 0.05) is 18.0 Å². The minimum absolute atomic E-state index is 0.781. The summed E-state index contributed by atoms with van der Waals surface area (Å²) in [6.07, 6.45) is 9.53. The van der Waals surface area contributed by atoms with Crippen LogP contribution in [0.3, 0.4) is 0 Å². The van der Waals surface area contributed by atoms with Gasteiger partial charge in [-0.25, -0.2) is 9.97 Å². The van der Waals surface area contributed by atoms with Gasteiger partial charge < -0.3 is 4.90 Å². The molecule has 0 saturated carbocycles. The van der Waals surface area contributed by atoms with Crippen molar-refractivity contribution in [2.75, 3.05) is 18.0 Å². The minimum atomic E-state index is 0.781. The van der Waals surface area contributed by atoms with E-state index in [1.54, 1.807) is 16.8 Å². The van der Waals surface area contributed by atoms with Crippen molar-refractivity contribution in [1.29, 1.82) is 0 Å². The number of thiophene rings is 1. The van der Waals surface area contributed by atoms with Crippen LogP contribution in [0, 0.1) is 5.92 Å². The van der Waals surface area contributed by atoms with Gasteiger partial charge in [-0.15, -0.1) is 11.3 Å². The zero-order valence-corrected chi connectivity index (χ0v) is 12.9. The SMILES string of the molecule is C[C@@H]1CCCN(c2ncnc3sc4c(c23)CCCC4)C1. The smallest absolute Gasteiger partial charge is 0.141 e. The van der Waals surface area contributed by atoms with Crippen molar-refractivity contribution in [2.24, 2.45) is 5.92 Å². The Labute approximate surface area is 124 Å². The van der Waals surface area contributed by atoms with Crippen LogP contribution in [0.2, 0.25) is 0 Å². The van der Waals surface area contributed by atoms with Gasteiger partial charge in [0.2, 0.25) is 0 Å². The lowest BCUT2D eigenvalue weighted by Gasteiger charge is -2.32. The summed E-state index contributed by atoms with van der Waals surface area (Å²) in [5, 5.41) is 1.38. The molecule has 2 aromatic heterocycles. The molecule has 1 saturated heterocycles. The van der Waals surface area contributed by atoms with E-state index in [1.165, 1.54) is 54.6 Å². The number of aromatic nitrogens is 2. The summed E-state index contributed by atoms with van der Waals surface area (Å²) in [5.41, 5.74) is 1.56. The topological polar surface area (TPSA) is 29.0 Å². The molecule has 1 aliphatic carbocycles. The number of fused-ring (bicyclic) bond motifs is 3. The summed E-state index contributed by atoms with van der Waals surface area (Å²) in [4.78, 5) is 14.5. The molecule has 3 nitrogen and oxygen atoms in total. The van der Waals surface area contributed by atoms with E-state index in [0.29, 0.717) is 0 Å². The Bertz CT molecular complexity index is 634. The number of nitrogens with zero attached hydrogens (tertiary/aromatic N) is 3. The molecule has 20 heavy (non-hydrogen) atoms. The number of hydrogen-bond donors (Lipinski definition) is 0. The Balaban J connectivity index is 1.84. The summed E-state index contributed by atoms with van der Waals surface area (Å²) in [5.74, 6) is 1.99. The molecule has 0 unspecified atom stereocenters. The average Bonchev–Trinajstić information content (AvgIpc) is 2.85. The highest BCUT2D eigenvalue weighted by Crippen LogP contribution is 2.39. The van der Waals surface area contributed by atoms with Crippen LogP contribution in [-0.4, -0.2) is 23.1 Å². The third-order valence-corrected chi connectivity index (χ3v) is 5.89. The van der Waals surface area contributed by atoms with Crippen LogP contribution < -0.4 is 4.90 Å². The molecule has 2 aliphatic rings. The second-order valence-electron chi connectivity index (χ2n) is 6.28. The lowest BCUT2D eigenvalue weighted by Crippen LogP contribution is -2.35. The van der Waals surface area contributed by atoms with Gasteiger partial charge in [-0.05, 0) is 50.0 Å². The molecule has 1 atom stereocenters. The predicted molar refractivity (Wildman–Crippen MR) is 84.7 cm³/mol. The largest absolute Gasteiger partial charge is 0.356 e. The molecule has 0 bridgehead atoms.